The maximum Gasteiger partial charge on any atom is 0.309 e. The lowest BCUT2D eigenvalue weighted by Crippen LogP contribution is -1.98. The number of nitrogens with zero attached hydrogens (tertiary/aromatic N) is 1. The largest absolute Gasteiger partial charge is 0.309 e. The predicted octanol–water partition coefficient (Wildman–Crippen LogP) is 1.50. The van der Waals surface area contributed by atoms with Gasteiger partial charge >= 0.3 is 5.70 Å². The molecule has 0 unspecified atom stereocenters. The zero-order valence-corrected chi connectivity index (χ0v) is 6.71. The fourth-order valence-corrected chi connectivity index (χ4v) is 0.850. The summed E-state index contributed by atoms with van der Waals surface area (Å²) in [4.78, 5) is 19.8. The molecule has 0 aromatic heterocycles. The predicted molar refractivity (Wildman–Crippen MR) is 47.5 cm³/mol. The van der Waals surface area contributed by atoms with Crippen molar-refractivity contribution in [3.63, 3.8) is 0 Å². The van der Waals surface area contributed by atoms with Gasteiger partial charge in [0.25, 0.3) is 0 Å². The normalized spacial score (nSPS) is 10.9. The van der Waals surface area contributed by atoms with Crippen LogP contribution in [0, 0.1) is 10.1 Å². The van der Waals surface area contributed by atoms with Crippen LogP contribution in [-0.2, 0) is 4.79 Å². The Morgan fingerprint density at radius 3 is 2.38 bits per heavy atom. The van der Waals surface area contributed by atoms with Gasteiger partial charge in [0, 0.05) is 6.08 Å². The SMILES string of the molecule is O=C/C(=C\c1ccccc1)[N+](=O)[O-]. The van der Waals surface area contributed by atoms with Gasteiger partial charge < -0.3 is 0 Å². The number of carbonyl (C=O) groups excluding carboxylic acids is 1. The highest BCUT2D eigenvalue weighted by atomic mass is 16.6. The molecule has 4 nitrogen and oxygen atoms in total. The third-order valence-corrected chi connectivity index (χ3v) is 1.45. The van der Waals surface area contributed by atoms with Gasteiger partial charge in [-0.1, -0.05) is 30.3 Å². The Morgan fingerprint density at radius 1 is 1.31 bits per heavy atom. The lowest BCUT2D eigenvalue weighted by molar-refractivity contribution is -0.415. The minimum atomic E-state index is -0.708. The third kappa shape index (κ3) is 2.52. The average molecular weight is 177 g/mol. The van der Waals surface area contributed by atoms with Crippen molar-refractivity contribution in [1.29, 1.82) is 0 Å². The van der Waals surface area contributed by atoms with E-state index in [0.717, 1.165) is 0 Å². The number of benzene rings is 1. The van der Waals surface area contributed by atoms with E-state index in [1.165, 1.54) is 6.08 Å². The maximum absolute atomic E-state index is 10.2. The first-order valence-electron chi connectivity index (χ1n) is 3.60. The summed E-state index contributed by atoms with van der Waals surface area (Å²) in [7, 11) is 0. The molecular formula is C9H7NO3. The second-order valence-corrected chi connectivity index (χ2v) is 2.35. The number of rotatable bonds is 3. The molecule has 4 heteroatoms. The van der Waals surface area contributed by atoms with Gasteiger partial charge in [-0.15, -0.1) is 0 Å². The Labute approximate surface area is 74.7 Å². The molecule has 13 heavy (non-hydrogen) atoms. The van der Waals surface area contributed by atoms with E-state index in [0.29, 0.717) is 5.56 Å². The number of nitro groups is 1. The van der Waals surface area contributed by atoms with E-state index in [4.69, 9.17) is 0 Å². The van der Waals surface area contributed by atoms with E-state index in [1.807, 2.05) is 0 Å². The molecule has 0 amide bonds. The highest BCUT2D eigenvalue weighted by Crippen LogP contribution is 2.04. The topological polar surface area (TPSA) is 60.2 Å². The average Bonchev–Trinajstić information content (AvgIpc) is 2.15. The van der Waals surface area contributed by atoms with Crippen molar-refractivity contribution in [2.24, 2.45) is 0 Å². The van der Waals surface area contributed by atoms with Crippen LogP contribution in [0.5, 0.6) is 0 Å². The molecule has 0 aliphatic carbocycles. The van der Waals surface area contributed by atoms with E-state index in [1.54, 1.807) is 30.3 Å². The highest BCUT2D eigenvalue weighted by molar-refractivity contribution is 5.78. The molecule has 1 aromatic carbocycles. The number of carbonyl (C=O) groups is 1. The quantitative estimate of drug-likeness (QED) is 0.304. The Hall–Kier alpha value is -1.97. The Balaban J connectivity index is 2.98. The standard InChI is InChI=1S/C9H7NO3/c11-7-9(10(12)13)6-8-4-2-1-3-5-8/h1-7H/b9-6+. The van der Waals surface area contributed by atoms with Gasteiger partial charge in [-0.3, -0.25) is 14.9 Å². The van der Waals surface area contributed by atoms with Crippen LogP contribution in [0.25, 0.3) is 6.08 Å². The number of aldehydes is 1. The second kappa shape index (κ2) is 4.15. The molecule has 1 aromatic rings. The summed E-state index contributed by atoms with van der Waals surface area (Å²) in [5.41, 5.74) is 0.201. The van der Waals surface area contributed by atoms with Crippen LogP contribution in [0.15, 0.2) is 36.0 Å². The van der Waals surface area contributed by atoms with Crippen LogP contribution in [0.4, 0.5) is 0 Å². The molecule has 0 fully saturated rings. The summed E-state index contributed by atoms with van der Waals surface area (Å²) in [6.45, 7) is 0. The lowest BCUT2D eigenvalue weighted by Gasteiger charge is -1.90. The number of allylic oxidation sites excluding steroid dienone is 1. The van der Waals surface area contributed by atoms with Crippen LogP contribution < -0.4 is 0 Å². The van der Waals surface area contributed by atoms with Crippen molar-refractivity contribution in [2.45, 2.75) is 0 Å². The molecule has 0 radical (unpaired) electrons. The van der Waals surface area contributed by atoms with Crippen molar-refractivity contribution in [3.8, 4) is 0 Å². The van der Waals surface area contributed by atoms with Crippen LogP contribution >= 0.6 is 0 Å². The van der Waals surface area contributed by atoms with Gasteiger partial charge in [-0.05, 0) is 5.56 Å². The van der Waals surface area contributed by atoms with Crippen molar-refractivity contribution >= 4 is 12.4 Å². The molecule has 0 saturated heterocycles. The molecule has 0 saturated carbocycles. The lowest BCUT2D eigenvalue weighted by atomic mass is 10.2. The van der Waals surface area contributed by atoms with E-state index < -0.39 is 10.6 Å². The highest BCUT2D eigenvalue weighted by Gasteiger charge is 2.07. The van der Waals surface area contributed by atoms with E-state index in [9.17, 15) is 14.9 Å². The molecule has 0 heterocycles. The summed E-state index contributed by atoms with van der Waals surface area (Å²) in [5.74, 6) is 0. The zero-order valence-electron chi connectivity index (χ0n) is 6.71. The van der Waals surface area contributed by atoms with Gasteiger partial charge in [0.1, 0.15) is 0 Å². The molecule has 0 aliphatic rings. The third-order valence-electron chi connectivity index (χ3n) is 1.45. The first-order valence-corrected chi connectivity index (χ1v) is 3.60. The summed E-state index contributed by atoms with van der Waals surface area (Å²) in [6, 6.07) is 8.66. The van der Waals surface area contributed by atoms with Crippen molar-refractivity contribution in [3.05, 3.63) is 51.7 Å². The van der Waals surface area contributed by atoms with E-state index >= 15 is 0 Å². The van der Waals surface area contributed by atoms with Gasteiger partial charge in [0.05, 0.1) is 4.92 Å². The van der Waals surface area contributed by atoms with Crippen LogP contribution in [0.2, 0.25) is 0 Å². The summed E-state index contributed by atoms with van der Waals surface area (Å²) in [6.07, 6.45) is 1.46. The van der Waals surface area contributed by atoms with Crippen molar-refractivity contribution in [2.75, 3.05) is 0 Å². The molecule has 1 rings (SSSR count). The molecular weight excluding hydrogens is 170 g/mol. The molecule has 0 N–H and O–H groups in total. The molecule has 0 atom stereocenters. The van der Waals surface area contributed by atoms with E-state index in [2.05, 4.69) is 0 Å². The zero-order chi connectivity index (χ0) is 9.68. The summed E-state index contributed by atoms with van der Waals surface area (Å²) < 4.78 is 0. The van der Waals surface area contributed by atoms with Crippen LogP contribution in [0.3, 0.4) is 0 Å². The summed E-state index contributed by atoms with van der Waals surface area (Å²) >= 11 is 0. The molecule has 0 spiro atoms. The van der Waals surface area contributed by atoms with E-state index in [-0.39, 0.29) is 6.29 Å². The summed E-state index contributed by atoms with van der Waals surface area (Å²) in [5, 5.41) is 10.2. The monoisotopic (exact) mass is 177 g/mol. The fourth-order valence-electron chi connectivity index (χ4n) is 0.850. The first-order chi connectivity index (χ1) is 6.24. The van der Waals surface area contributed by atoms with Crippen LogP contribution in [0.1, 0.15) is 5.56 Å². The minimum Gasteiger partial charge on any atom is -0.291 e. The van der Waals surface area contributed by atoms with Gasteiger partial charge in [0.2, 0.25) is 6.29 Å². The van der Waals surface area contributed by atoms with Crippen LogP contribution in [-0.4, -0.2) is 11.2 Å². The van der Waals surface area contributed by atoms with Crippen molar-refractivity contribution in [1.82, 2.24) is 0 Å². The smallest absolute Gasteiger partial charge is 0.291 e. The van der Waals surface area contributed by atoms with Gasteiger partial charge in [0.15, 0.2) is 0 Å². The minimum absolute atomic E-state index is 0.229. The Kier molecular flexibility index (Phi) is 2.92. The Bertz CT molecular complexity index is 343. The van der Waals surface area contributed by atoms with Crippen molar-refractivity contribution < 1.29 is 9.72 Å². The Morgan fingerprint density at radius 2 is 1.92 bits per heavy atom. The van der Waals surface area contributed by atoms with Gasteiger partial charge in [-0.25, -0.2) is 0 Å². The molecule has 0 bridgehead atoms. The molecule has 66 valence electrons. The number of hydrogen-bond donors (Lipinski definition) is 0. The first kappa shape index (κ1) is 9.12. The van der Waals surface area contributed by atoms with Gasteiger partial charge in [-0.2, -0.15) is 0 Å². The number of hydrogen-bond acceptors (Lipinski definition) is 3. The fraction of sp³-hybridized carbons (Fsp3) is 0. The maximum atomic E-state index is 10.2. The molecule has 0 aliphatic heterocycles. The second-order valence-electron chi connectivity index (χ2n) is 2.35.